The minimum atomic E-state index is 0.386. The fourth-order valence-electron chi connectivity index (χ4n) is 1.39. The summed E-state index contributed by atoms with van der Waals surface area (Å²) in [6.07, 6.45) is 1.44. The van der Waals surface area contributed by atoms with E-state index in [9.17, 15) is 0 Å². The monoisotopic (exact) mass is 241 g/mol. The fourth-order valence-corrected chi connectivity index (χ4v) is 1.39. The van der Waals surface area contributed by atoms with Crippen molar-refractivity contribution >= 4 is 5.69 Å². The molecule has 90 valence electrons. The van der Waals surface area contributed by atoms with E-state index in [0.717, 1.165) is 0 Å². The van der Waals surface area contributed by atoms with E-state index >= 15 is 0 Å². The number of nitrogens with two attached hydrogens (primary N) is 1. The number of benzene rings is 1. The first-order valence-corrected chi connectivity index (χ1v) is 5.20. The molecule has 2 aromatic rings. The Labute approximate surface area is 104 Å². The van der Waals surface area contributed by atoms with E-state index in [2.05, 4.69) is 4.98 Å². The predicted molar refractivity (Wildman–Crippen MR) is 66.4 cm³/mol. The Morgan fingerprint density at radius 1 is 1.22 bits per heavy atom. The van der Waals surface area contributed by atoms with Gasteiger partial charge in [0, 0.05) is 24.0 Å². The third-order valence-corrected chi connectivity index (χ3v) is 2.27. The van der Waals surface area contributed by atoms with Gasteiger partial charge in [0.1, 0.15) is 6.07 Å². The van der Waals surface area contributed by atoms with Gasteiger partial charge in [-0.15, -0.1) is 0 Å². The number of hydrogen-bond acceptors (Lipinski definition) is 5. The molecule has 5 heteroatoms. The van der Waals surface area contributed by atoms with E-state index in [-0.39, 0.29) is 0 Å². The number of aromatic nitrogens is 1. The lowest BCUT2D eigenvalue weighted by molar-refractivity contribution is 0.374. The molecule has 0 fully saturated rings. The van der Waals surface area contributed by atoms with Crippen molar-refractivity contribution < 1.29 is 9.47 Å². The zero-order chi connectivity index (χ0) is 13.0. The van der Waals surface area contributed by atoms with Crippen LogP contribution in [0.5, 0.6) is 17.4 Å². The summed E-state index contributed by atoms with van der Waals surface area (Å²) in [7, 11) is 1.54. The summed E-state index contributed by atoms with van der Waals surface area (Å²) in [5, 5.41) is 8.67. The van der Waals surface area contributed by atoms with Crippen LogP contribution < -0.4 is 15.2 Å². The van der Waals surface area contributed by atoms with Gasteiger partial charge < -0.3 is 15.2 Å². The van der Waals surface area contributed by atoms with E-state index in [1.165, 1.54) is 13.3 Å². The Morgan fingerprint density at radius 2 is 2.06 bits per heavy atom. The van der Waals surface area contributed by atoms with Gasteiger partial charge in [0.15, 0.2) is 11.5 Å². The number of nitrogen functional groups attached to an aromatic ring is 1. The van der Waals surface area contributed by atoms with E-state index in [4.69, 9.17) is 20.5 Å². The van der Waals surface area contributed by atoms with Crippen molar-refractivity contribution in [1.82, 2.24) is 4.98 Å². The maximum atomic E-state index is 8.67. The molecule has 1 aromatic heterocycles. The van der Waals surface area contributed by atoms with Crippen LogP contribution in [0.2, 0.25) is 0 Å². The molecular formula is C13H11N3O2. The second-order valence-electron chi connectivity index (χ2n) is 3.51. The van der Waals surface area contributed by atoms with Crippen LogP contribution in [0, 0.1) is 11.3 Å². The highest BCUT2D eigenvalue weighted by Gasteiger charge is 2.06. The highest BCUT2D eigenvalue weighted by molar-refractivity contribution is 5.52. The van der Waals surface area contributed by atoms with E-state index in [1.807, 2.05) is 6.07 Å². The molecule has 0 spiro atoms. The highest BCUT2D eigenvalue weighted by atomic mass is 16.5. The minimum Gasteiger partial charge on any atom is -0.493 e. The number of hydrogen-bond donors (Lipinski definition) is 1. The average Bonchev–Trinajstić information content (AvgIpc) is 2.41. The lowest BCUT2D eigenvalue weighted by Gasteiger charge is -2.09. The van der Waals surface area contributed by atoms with Crippen LogP contribution in [-0.4, -0.2) is 12.1 Å². The van der Waals surface area contributed by atoms with Crippen LogP contribution in [0.15, 0.2) is 36.5 Å². The molecule has 0 aliphatic heterocycles. The normalized spacial score (nSPS) is 9.56. The fraction of sp³-hybridized carbons (Fsp3) is 0.0769. The molecule has 18 heavy (non-hydrogen) atoms. The maximum Gasteiger partial charge on any atom is 0.219 e. The third-order valence-electron chi connectivity index (χ3n) is 2.27. The molecule has 2 N–H and O–H groups in total. The SMILES string of the molecule is COc1cc(N)ccc1Oc1ccc(C#N)cn1. The first kappa shape index (κ1) is 11.7. The summed E-state index contributed by atoms with van der Waals surface area (Å²) in [5.41, 5.74) is 6.72. The first-order chi connectivity index (χ1) is 8.72. The molecule has 0 saturated carbocycles. The van der Waals surface area contributed by atoms with Crippen molar-refractivity contribution in [1.29, 1.82) is 5.26 Å². The van der Waals surface area contributed by atoms with Gasteiger partial charge in [-0.2, -0.15) is 5.26 Å². The van der Waals surface area contributed by atoms with Crippen LogP contribution in [0.25, 0.3) is 0 Å². The topological polar surface area (TPSA) is 81.2 Å². The molecule has 0 bridgehead atoms. The molecule has 5 nitrogen and oxygen atoms in total. The maximum absolute atomic E-state index is 8.67. The summed E-state index contributed by atoms with van der Waals surface area (Å²) in [6, 6.07) is 10.3. The number of rotatable bonds is 3. The lowest BCUT2D eigenvalue weighted by atomic mass is 10.3. The van der Waals surface area contributed by atoms with Crippen molar-refractivity contribution in [2.75, 3.05) is 12.8 Å². The van der Waals surface area contributed by atoms with Crippen LogP contribution in [0.4, 0.5) is 5.69 Å². The number of anilines is 1. The Morgan fingerprint density at radius 3 is 2.67 bits per heavy atom. The number of nitrogens with zero attached hydrogens (tertiary/aromatic N) is 2. The predicted octanol–water partition coefficient (Wildman–Crippen LogP) is 2.34. The summed E-state index contributed by atoms with van der Waals surface area (Å²) >= 11 is 0. The van der Waals surface area contributed by atoms with Crippen LogP contribution in [0.1, 0.15) is 5.56 Å². The summed E-state index contributed by atoms with van der Waals surface area (Å²) in [6.45, 7) is 0. The second kappa shape index (κ2) is 5.06. The Kier molecular flexibility index (Phi) is 3.30. The van der Waals surface area contributed by atoms with Crippen molar-refractivity contribution in [3.63, 3.8) is 0 Å². The second-order valence-corrected chi connectivity index (χ2v) is 3.51. The first-order valence-electron chi connectivity index (χ1n) is 5.20. The Hall–Kier alpha value is -2.74. The zero-order valence-corrected chi connectivity index (χ0v) is 9.75. The molecule has 2 rings (SSSR count). The molecule has 0 aliphatic rings. The third kappa shape index (κ3) is 2.50. The van der Waals surface area contributed by atoms with E-state index in [0.29, 0.717) is 28.6 Å². The zero-order valence-electron chi connectivity index (χ0n) is 9.75. The van der Waals surface area contributed by atoms with Gasteiger partial charge in [0.25, 0.3) is 0 Å². The van der Waals surface area contributed by atoms with Gasteiger partial charge in [0.05, 0.1) is 12.7 Å². The van der Waals surface area contributed by atoms with Gasteiger partial charge in [-0.1, -0.05) is 0 Å². The molecule has 0 aliphatic carbocycles. The van der Waals surface area contributed by atoms with Gasteiger partial charge >= 0.3 is 0 Å². The van der Waals surface area contributed by atoms with E-state index < -0.39 is 0 Å². The molecule has 0 atom stereocenters. The van der Waals surface area contributed by atoms with Gasteiger partial charge in [-0.05, 0) is 18.2 Å². The lowest BCUT2D eigenvalue weighted by Crippen LogP contribution is -1.94. The number of ether oxygens (including phenoxy) is 2. The molecular weight excluding hydrogens is 230 g/mol. The summed E-state index contributed by atoms with van der Waals surface area (Å²) in [5.74, 6) is 1.43. The summed E-state index contributed by atoms with van der Waals surface area (Å²) in [4.78, 5) is 4.01. The number of nitriles is 1. The van der Waals surface area contributed by atoms with Crippen LogP contribution >= 0.6 is 0 Å². The van der Waals surface area contributed by atoms with Crippen LogP contribution in [-0.2, 0) is 0 Å². The average molecular weight is 241 g/mol. The van der Waals surface area contributed by atoms with Gasteiger partial charge in [-0.3, -0.25) is 0 Å². The quantitative estimate of drug-likeness (QED) is 0.834. The van der Waals surface area contributed by atoms with Crippen molar-refractivity contribution in [2.45, 2.75) is 0 Å². The Balaban J connectivity index is 2.25. The highest BCUT2D eigenvalue weighted by Crippen LogP contribution is 2.32. The summed E-state index contributed by atoms with van der Waals surface area (Å²) < 4.78 is 10.7. The van der Waals surface area contributed by atoms with Crippen molar-refractivity contribution in [3.05, 3.63) is 42.1 Å². The minimum absolute atomic E-state index is 0.386. The molecule has 0 unspecified atom stereocenters. The largest absolute Gasteiger partial charge is 0.493 e. The molecule has 1 aromatic carbocycles. The van der Waals surface area contributed by atoms with Crippen molar-refractivity contribution in [2.24, 2.45) is 0 Å². The number of methoxy groups -OCH3 is 1. The van der Waals surface area contributed by atoms with E-state index in [1.54, 1.807) is 30.3 Å². The standard InChI is InChI=1S/C13H11N3O2/c1-17-12-6-10(15)3-4-11(12)18-13-5-2-9(7-14)8-16-13/h2-6,8H,15H2,1H3. The molecule has 0 radical (unpaired) electrons. The van der Waals surface area contributed by atoms with Crippen molar-refractivity contribution in [3.8, 4) is 23.4 Å². The number of pyridine rings is 1. The molecule has 0 amide bonds. The van der Waals surface area contributed by atoms with Crippen LogP contribution in [0.3, 0.4) is 0 Å². The van der Waals surface area contributed by atoms with Gasteiger partial charge in [0.2, 0.25) is 5.88 Å². The molecule has 0 saturated heterocycles. The smallest absolute Gasteiger partial charge is 0.219 e. The molecule has 1 heterocycles. The van der Waals surface area contributed by atoms with Gasteiger partial charge in [-0.25, -0.2) is 4.98 Å². The Bertz CT molecular complexity index is 588.